The third kappa shape index (κ3) is 6.07. The molecular weight excluding hydrogens is 295 g/mol. The molecule has 0 saturated carbocycles. The summed E-state index contributed by atoms with van der Waals surface area (Å²) < 4.78 is 36.6. The Morgan fingerprint density at radius 1 is 1.29 bits per heavy atom. The van der Waals surface area contributed by atoms with Crippen LogP contribution in [0.2, 0.25) is 0 Å². The van der Waals surface area contributed by atoms with Crippen LogP contribution in [0.3, 0.4) is 0 Å². The van der Waals surface area contributed by atoms with E-state index in [9.17, 15) is 13.2 Å². The predicted octanol–water partition coefficient (Wildman–Crippen LogP) is 4.19. The molecule has 0 aliphatic heterocycles. The predicted molar refractivity (Wildman–Crippen MR) is 65.9 cm³/mol. The highest BCUT2D eigenvalue weighted by Crippen LogP contribution is 2.21. The van der Waals surface area contributed by atoms with Crippen molar-refractivity contribution in [1.82, 2.24) is 5.32 Å². The lowest BCUT2D eigenvalue weighted by Gasteiger charge is -2.08. The van der Waals surface area contributed by atoms with Gasteiger partial charge in [0.2, 0.25) is 0 Å². The lowest BCUT2D eigenvalue weighted by Crippen LogP contribution is -2.17. The molecule has 96 valence electrons. The fourth-order valence-corrected chi connectivity index (χ4v) is 1.82. The van der Waals surface area contributed by atoms with E-state index < -0.39 is 12.6 Å². The van der Waals surface area contributed by atoms with Gasteiger partial charge in [-0.2, -0.15) is 13.2 Å². The summed E-state index contributed by atoms with van der Waals surface area (Å²) in [7, 11) is 0. The zero-order valence-corrected chi connectivity index (χ0v) is 11.2. The lowest BCUT2D eigenvalue weighted by molar-refractivity contribution is -0.135. The molecule has 0 fully saturated rings. The summed E-state index contributed by atoms with van der Waals surface area (Å²) in [6, 6.07) is 5.93. The fraction of sp³-hybridized carbons (Fsp3) is 0.500. The van der Waals surface area contributed by atoms with E-state index in [-0.39, 0.29) is 6.42 Å². The van der Waals surface area contributed by atoms with Crippen LogP contribution in [0.5, 0.6) is 0 Å². The Kier molecular flexibility index (Phi) is 5.46. The molecule has 0 unspecified atom stereocenters. The number of rotatable bonds is 5. The average molecular weight is 310 g/mol. The quantitative estimate of drug-likeness (QED) is 0.804. The lowest BCUT2D eigenvalue weighted by atomic mass is 10.1. The van der Waals surface area contributed by atoms with Crippen LogP contribution in [-0.4, -0.2) is 12.7 Å². The van der Waals surface area contributed by atoms with Crippen molar-refractivity contribution in [3.05, 3.63) is 33.8 Å². The first-order valence-electron chi connectivity index (χ1n) is 5.41. The van der Waals surface area contributed by atoms with E-state index in [0.29, 0.717) is 13.1 Å². The molecule has 0 aromatic heterocycles. The van der Waals surface area contributed by atoms with Crippen LogP contribution in [-0.2, 0) is 6.54 Å². The van der Waals surface area contributed by atoms with Gasteiger partial charge in [0.1, 0.15) is 0 Å². The molecule has 5 heteroatoms. The van der Waals surface area contributed by atoms with E-state index in [2.05, 4.69) is 21.2 Å². The van der Waals surface area contributed by atoms with E-state index in [4.69, 9.17) is 0 Å². The van der Waals surface area contributed by atoms with Crippen molar-refractivity contribution in [1.29, 1.82) is 0 Å². The first-order chi connectivity index (χ1) is 7.88. The second-order valence-corrected chi connectivity index (χ2v) is 4.83. The number of hydrogen-bond donors (Lipinski definition) is 1. The summed E-state index contributed by atoms with van der Waals surface area (Å²) in [5, 5.41) is 3.00. The Morgan fingerprint density at radius 2 is 2.00 bits per heavy atom. The molecule has 1 nitrogen and oxygen atoms in total. The van der Waals surface area contributed by atoms with Gasteiger partial charge in [0.25, 0.3) is 0 Å². The van der Waals surface area contributed by atoms with Gasteiger partial charge in [0.15, 0.2) is 0 Å². The smallest absolute Gasteiger partial charge is 0.313 e. The van der Waals surface area contributed by atoms with Crippen LogP contribution in [0, 0.1) is 6.92 Å². The standard InChI is InChI=1S/C12H15BrF3N/c1-9-3-4-10(7-11(9)13)8-17-6-2-5-12(14,15)16/h3-4,7,17H,2,5-6,8H2,1H3. The first kappa shape index (κ1) is 14.5. The van der Waals surface area contributed by atoms with Crippen molar-refractivity contribution in [2.75, 3.05) is 6.54 Å². The maximum Gasteiger partial charge on any atom is 0.389 e. The van der Waals surface area contributed by atoms with Gasteiger partial charge in [-0.3, -0.25) is 0 Å². The highest BCUT2D eigenvalue weighted by Gasteiger charge is 2.25. The van der Waals surface area contributed by atoms with E-state index in [0.717, 1.165) is 15.6 Å². The molecule has 0 amide bonds. The molecule has 0 bridgehead atoms. The van der Waals surface area contributed by atoms with Gasteiger partial charge in [0.05, 0.1) is 0 Å². The molecule has 0 heterocycles. The number of nitrogens with one attached hydrogen (secondary N) is 1. The van der Waals surface area contributed by atoms with Crippen LogP contribution in [0.15, 0.2) is 22.7 Å². The van der Waals surface area contributed by atoms with Crippen LogP contribution in [0.1, 0.15) is 24.0 Å². The van der Waals surface area contributed by atoms with Crippen molar-refractivity contribution in [3.8, 4) is 0 Å². The number of alkyl halides is 3. The van der Waals surface area contributed by atoms with Crippen molar-refractivity contribution >= 4 is 15.9 Å². The number of aryl methyl sites for hydroxylation is 1. The zero-order valence-electron chi connectivity index (χ0n) is 9.57. The Hall–Kier alpha value is -0.550. The van der Waals surface area contributed by atoms with Crippen LogP contribution >= 0.6 is 15.9 Å². The maximum atomic E-state index is 11.9. The molecule has 0 aliphatic rings. The Balaban J connectivity index is 2.25. The number of benzene rings is 1. The topological polar surface area (TPSA) is 12.0 Å². The molecule has 0 radical (unpaired) electrons. The summed E-state index contributed by atoms with van der Waals surface area (Å²) >= 11 is 3.42. The third-order valence-electron chi connectivity index (χ3n) is 2.38. The maximum absolute atomic E-state index is 11.9. The van der Waals surface area contributed by atoms with Gasteiger partial charge >= 0.3 is 6.18 Å². The first-order valence-corrected chi connectivity index (χ1v) is 6.20. The van der Waals surface area contributed by atoms with Crippen LogP contribution in [0.25, 0.3) is 0 Å². The zero-order chi connectivity index (χ0) is 12.9. The van der Waals surface area contributed by atoms with Gasteiger partial charge in [-0.1, -0.05) is 28.1 Å². The number of hydrogen-bond acceptors (Lipinski definition) is 1. The molecule has 0 aliphatic carbocycles. The monoisotopic (exact) mass is 309 g/mol. The second kappa shape index (κ2) is 6.40. The number of halogens is 4. The molecule has 1 rings (SSSR count). The molecule has 0 saturated heterocycles. The van der Waals surface area contributed by atoms with E-state index in [1.165, 1.54) is 0 Å². The van der Waals surface area contributed by atoms with Crippen LogP contribution < -0.4 is 5.32 Å². The highest BCUT2D eigenvalue weighted by atomic mass is 79.9. The molecule has 0 atom stereocenters. The minimum atomic E-state index is -4.05. The van der Waals surface area contributed by atoms with Crippen LogP contribution in [0.4, 0.5) is 13.2 Å². The summed E-state index contributed by atoms with van der Waals surface area (Å²) in [5.41, 5.74) is 2.21. The normalized spacial score (nSPS) is 11.8. The summed E-state index contributed by atoms with van der Waals surface area (Å²) in [5.74, 6) is 0. The molecule has 17 heavy (non-hydrogen) atoms. The van der Waals surface area contributed by atoms with Crippen molar-refractivity contribution in [3.63, 3.8) is 0 Å². The molecule has 0 spiro atoms. The fourth-order valence-electron chi connectivity index (χ4n) is 1.39. The molecule has 1 aromatic rings. The van der Waals surface area contributed by atoms with Gasteiger partial charge < -0.3 is 5.32 Å². The Morgan fingerprint density at radius 3 is 2.59 bits per heavy atom. The van der Waals surface area contributed by atoms with Crippen molar-refractivity contribution in [2.24, 2.45) is 0 Å². The van der Waals surface area contributed by atoms with E-state index >= 15 is 0 Å². The second-order valence-electron chi connectivity index (χ2n) is 3.98. The summed E-state index contributed by atoms with van der Waals surface area (Å²) in [6.45, 7) is 2.96. The molecule has 1 N–H and O–H groups in total. The average Bonchev–Trinajstić information content (AvgIpc) is 2.21. The van der Waals surface area contributed by atoms with E-state index in [1.807, 2.05) is 25.1 Å². The minimum absolute atomic E-state index is 0.122. The highest BCUT2D eigenvalue weighted by molar-refractivity contribution is 9.10. The Labute approximate surface area is 108 Å². The summed E-state index contributed by atoms with van der Waals surface area (Å²) in [4.78, 5) is 0. The molecular formula is C12H15BrF3N. The van der Waals surface area contributed by atoms with E-state index in [1.54, 1.807) is 0 Å². The minimum Gasteiger partial charge on any atom is -0.313 e. The van der Waals surface area contributed by atoms with Crippen molar-refractivity contribution < 1.29 is 13.2 Å². The largest absolute Gasteiger partial charge is 0.389 e. The van der Waals surface area contributed by atoms with Gasteiger partial charge in [-0.25, -0.2) is 0 Å². The SMILES string of the molecule is Cc1ccc(CNCCCC(F)(F)F)cc1Br. The summed E-state index contributed by atoms with van der Waals surface area (Å²) in [6.07, 6.45) is -4.65. The third-order valence-corrected chi connectivity index (χ3v) is 3.23. The van der Waals surface area contributed by atoms with Gasteiger partial charge in [0, 0.05) is 17.4 Å². The Bertz CT molecular complexity index is 363. The molecule has 1 aromatic carbocycles. The van der Waals surface area contributed by atoms with Gasteiger partial charge in [-0.05, 0) is 37.1 Å². The van der Waals surface area contributed by atoms with Crippen molar-refractivity contribution in [2.45, 2.75) is 32.5 Å². The van der Waals surface area contributed by atoms with Gasteiger partial charge in [-0.15, -0.1) is 0 Å².